The zero-order chi connectivity index (χ0) is 21.0. The number of aryl methyl sites for hydroxylation is 1. The predicted molar refractivity (Wildman–Crippen MR) is 103 cm³/mol. The Morgan fingerprint density at radius 1 is 1.00 bits per heavy atom. The van der Waals surface area contributed by atoms with Gasteiger partial charge in [-0.2, -0.15) is 17.9 Å². The first-order chi connectivity index (χ1) is 13.0. The largest absolute Gasteiger partial charge is 0.408 e. The maximum atomic E-state index is 14.0. The van der Waals surface area contributed by atoms with Crippen LogP contribution in [0.2, 0.25) is 0 Å². The van der Waals surface area contributed by atoms with Crippen LogP contribution >= 0.6 is 0 Å². The van der Waals surface area contributed by atoms with Crippen molar-refractivity contribution >= 4 is 10.0 Å². The Labute approximate surface area is 164 Å². The molecule has 2 aromatic carbocycles. The highest BCUT2D eigenvalue weighted by atomic mass is 32.2. The molecule has 4 nitrogen and oxygen atoms in total. The highest BCUT2D eigenvalue weighted by Crippen LogP contribution is 2.35. The molecule has 0 radical (unpaired) electrons. The zero-order valence-corrected chi connectivity index (χ0v) is 16.9. The first-order valence-corrected chi connectivity index (χ1v) is 10.4. The smallest absolute Gasteiger partial charge is 0.308 e. The molecule has 2 N–H and O–H groups in total. The van der Waals surface area contributed by atoms with Crippen LogP contribution in [0.25, 0.3) is 0 Å². The Balaban J connectivity index is 2.29. The quantitative estimate of drug-likeness (QED) is 0.676. The third kappa shape index (κ3) is 5.12. The molecule has 0 aromatic heterocycles. The van der Waals surface area contributed by atoms with Crippen molar-refractivity contribution in [1.29, 1.82) is 0 Å². The van der Waals surface area contributed by atoms with Crippen LogP contribution in [0.5, 0.6) is 0 Å². The minimum Gasteiger partial charge on any atom is -0.308 e. The van der Waals surface area contributed by atoms with E-state index in [9.17, 15) is 21.6 Å². The number of rotatable bonds is 8. The van der Waals surface area contributed by atoms with Crippen molar-refractivity contribution in [1.82, 2.24) is 10.0 Å². The van der Waals surface area contributed by atoms with Crippen molar-refractivity contribution in [2.24, 2.45) is 0 Å². The molecular weight excluding hydrogens is 389 g/mol. The second-order valence-corrected chi connectivity index (χ2v) is 8.55. The lowest BCUT2D eigenvalue weighted by molar-refractivity contribution is -0.191. The number of alkyl halides is 3. The third-order valence-electron chi connectivity index (χ3n) is 4.82. The molecule has 8 heteroatoms. The summed E-state index contributed by atoms with van der Waals surface area (Å²) < 4.78 is 69.1. The van der Waals surface area contributed by atoms with Crippen LogP contribution in [0.4, 0.5) is 13.2 Å². The number of nitrogens with one attached hydrogen (secondary N) is 2. The molecule has 2 rings (SSSR count). The average Bonchev–Trinajstić information content (AvgIpc) is 2.65. The fourth-order valence-corrected chi connectivity index (χ4v) is 4.27. The molecule has 2 aromatic rings. The summed E-state index contributed by atoms with van der Waals surface area (Å²) in [4.78, 5) is -0.198. The number of benzene rings is 2. The minimum absolute atomic E-state index is 0.198. The molecule has 0 fully saturated rings. The van der Waals surface area contributed by atoms with E-state index in [-0.39, 0.29) is 10.9 Å². The molecule has 0 amide bonds. The fourth-order valence-electron chi connectivity index (χ4n) is 2.81. The van der Waals surface area contributed by atoms with E-state index in [4.69, 9.17) is 0 Å². The molecule has 0 saturated carbocycles. The van der Waals surface area contributed by atoms with Gasteiger partial charge in [-0.3, -0.25) is 0 Å². The summed E-state index contributed by atoms with van der Waals surface area (Å²) >= 11 is 0. The van der Waals surface area contributed by atoms with Gasteiger partial charge < -0.3 is 5.32 Å². The number of hydrogen-bond donors (Lipinski definition) is 2. The molecule has 0 unspecified atom stereocenters. The van der Waals surface area contributed by atoms with Gasteiger partial charge >= 0.3 is 6.18 Å². The van der Waals surface area contributed by atoms with Crippen LogP contribution in [0.1, 0.15) is 37.4 Å². The maximum Gasteiger partial charge on any atom is 0.408 e. The van der Waals surface area contributed by atoms with Crippen LogP contribution in [0.15, 0.2) is 59.5 Å². The van der Waals surface area contributed by atoms with E-state index >= 15 is 0 Å². The first kappa shape index (κ1) is 22.4. The minimum atomic E-state index is -4.77. The Hall–Kier alpha value is -1.90. The first-order valence-electron chi connectivity index (χ1n) is 8.96. The van der Waals surface area contributed by atoms with Gasteiger partial charge in [-0.05, 0) is 38.0 Å². The summed E-state index contributed by atoms with van der Waals surface area (Å²) in [7, 11) is -4.35. The van der Waals surface area contributed by atoms with Crippen LogP contribution in [-0.2, 0) is 10.0 Å². The topological polar surface area (TPSA) is 58.2 Å². The summed E-state index contributed by atoms with van der Waals surface area (Å²) in [5.74, 6) is 0. The molecule has 0 saturated heterocycles. The third-order valence-corrected chi connectivity index (χ3v) is 6.37. The highest BCUT2D eigenvalue weighted by molar-refractivity contribution is 7.89. The number of hydrogen-bond acceptors (Lipinski definition) is 3. The van der Waals surface area contributed by atoms with Gasteiger partial charge in [0.15, 0.2) is 0 Å². The van der Waals surface area contributed by atoms with E-state index in [0.29, 0.717) is 0 Å². The van der Waals surface area contributed by atoms with Crippen molar-refractivity contribution in [2.75, 3.05) is 6.54 Å². The van der Waals surface area contributed by atoms with Gasteiger partial charge in [0, 0.05) is 12.6 Å². The molecule has 0 bridgehead atoms. The normalized spacial score (nSPS) is 15.8. The standard InChI is InChI=1S/C20H25F3N2O2S/c1-4-19(20(21,22)23,14-24-16(3)17-8-6-5-7-9-17)25-28(26,27)18-12-10-15(2)11-13-18/h5-13,16,24-25H,4,14H2,1-3H3/t16-,19+/m1/s1. The molecule has 0 aliphatic heterocycles. The van der Waals surface area contributed by atoms with E-state index in [1.165, 1.54) is 19.1 Å². The van der Waals surface area contributed by atoms with Gasteiger partial charge in [0.05, 0.1) is 4.90 Å². The summed E-state index contributed by atoms with van der Waals surface area (Å²) in [6.45, 7) is 4.24. The van der Waals surface area contributed by atoms with E-state index in [1.807, 2.05) is 10.8 Å². The van der Waals surface area contributed by atoms with Crippen molar-refractivity contribution < 1.29 is 21.6 Å². The fraction of sp³-hybridized carbons (Fsp3) is 0.400. The summed E-state index contributed by atoms with van der Waals surface area (Å²) in [5.41, 5.74) is -0.995. The van der Waals surface area contributed by atoms with E-state index in [2.05, 4.69) is 5.32 Å². The maximum absolute atomic E-state index is 14.0. The number of sulfonamides is 1. The Morgan fingerprint density at radius 2 is 1.57 bits per heavy atom. The van der Waals surface area contributed by atoms with Gasteiger partial charge in [-0.1, -0.05) is 55.0 Å². The summed E-state index contributed by atoms with van der Waals surface area (Å²) in [6.07, 6.45) is -5.22. The SMILES string of the molecule is CC[C@@](CN[C@H](C)c1ccccc1)(NS(=O)(=O)c1ccc(C)cc1)C(F)(F)F. The molecule has 2 atom stereocenters. The Kier molecular flexibility index (Phi) is 6.90. The van der Waals surface area contributed by atoms with Gasteiger partial charge in [0.2, 0.25) is 10.0 Å². The van der Waals surface area contributed by atoms with Crippen molar-refractivity contribution in [2.45, 2.75) is 49.8 Å². The van der Waals surface area contributed by atoms with Crippen LogP contribution in [0, 0.1) is 6.92 Å². The lowest BCUT2D eigenvalue weighted by atomic mass is 9.95. The molecular formula is C20H25F3N2O2S. The lowest BCUT2D eigenvalue weighted by Crippen LogP contribution is -2.63. The van der Waals surface area contributed by atoms with Gasteiger partial charge in [-0.15, -0.1) is 0 Å². The summed E-state index contributed by atoms with van der Waals surface area (Å²) in [5, 5.41) is 2.83. The second kappa shape index (κ2) is 8.63. The van der Waals surface area contributed by atoms with E-state index in [1.54, 1.807) is 50.2 Å². The Morgan fingerprint density at radius 3 is 2.07 bits per heavy atom. The zero-order valence-electron chi connectivity index (χ0n) is 16.0. The molecule has 28 heavy (non-hydrogen) atoms. The van der Waals surface area contributed by atoms with Gasteiger partial charge in [-0.25, -0.2) is 8.42 Å². The van der Waals surface area contributed by atoms with E-state index < -0.39 is 34.7 Å². The molecule has 0 aliphatic carbocycles. The van der Waals surface area contributed by atoms with E-state index in [0.717, 1.165) is 11.1 Å². The van der Waals surface area contributed by atoms with Gasteiger partial charge in [0.25, 0.3) is 0 Å². The molecule has 0 heterocycles. The van der Waals surface area contributed by atoms with Crippen molar-refractivity contribution in [3.63, 3.8) is 0 Å². The second-order valence-electron chi connectivity index (χ2n) is 6.87. The number of halogens is 3. The van der Waals surface area contributed by atoms with Crippen LogP contribution in [-0.4, -0.2) is 26.7 Å². The van der Waals surface area contributed by atoms with Crippen LogP contribution in [0.3, 0.4) is 0 Å². The van der Waals surface area contributed by atoms with Crippen molar-refractivity contribution in [3.8, 4) is 0 Å². The average molecular weight is 414 g/mol. The van der Waals surface area contributed by atoms with Crippen molar-refractivity contribution in [3.05, 3.63) is 65.7 Å². The molecule has 0 spiro atoms. The molecule has 0 aliphatic rings. The van der Waals surface area contributed by atoms with Crippen LogP contribution < -0.4 is 10.0 Å². The van der Waals surface area contributed by atoms with Gasteiger partial charge in [0.1, 0.15) is 5.54 Å². The lowest BCUT2D eigenvalue weighted by Gasteiger charge is -2.36. The predicted octanol–water partition coefficient (Wildman–Crippen LogP) is 4.34. The molecule has 154 valence electrons. The summed E-state index contributed by atoms with van der Waals surface area (Å²) in [6, 6.07) is 14.3. The Bertz CT molecular complexity index is 869. The highest BCUT2D eigenvalue weighted by Gasteiger charge is 2.55. The monoisotopic (exact) mass is 414 g/mol.